The highest BCUT2D eigenvalue weighted by Crippen LogP contribution is 2.31. The van der Waals surface area contributed by atoms with Crippen LogP contribution >= 0.6 is 0 Å². The van der Waals surface area contributed by atoms with Crippen molar-refractivity contribution in [1.82, 2.24) is 25.2 Å². The van der Waals surface area contributed by atoms with Gasteiger partial charge in [0.25, 0.3) is 0 Å². The summed E-state index contributed by atoms with van der Waals surface area (Å²) in [7, 11) is 0. The molecule has 0 saturated heterocycles. The summed E-state index contributed by atoms with van der Waals surface area (Å²) in [5, 5.41) is 3.49. The molecule has 0 saturated carbocycles. The standard InChI is InChI=1S/C30H33N5/c1-3-16-32-28(10-1)20-31-19-24-12-14-25(15-13-24)21-35(23-29-11-2-4-17-33-29)22-27-8-5-7-26-9-6-18-34-30(26)27/h1-4,6,9-18,27,31H,5,7-8,19-23H2. The molecule has 1 N–H and O–H groups in total. The first kappa shape index (κ1) is 23.3. The minimum Gasteiger partial charge on any atom is -0.307 e. The smallest absolute Gasteiger partial charge is 0.0544 e. The maximum Gasteiger partial charge on any atom is 0.0544 e. The van der Waals surface area contributed by atoms with Gasteiger partial charge in [0.1, 0.15) is 0 Å². The molecule has 178 valence electrons. The number of nitrogens with one attached hydrogen (secondary N) is 1. The Morgan fingerprint density at radius 2 is 1.46 bits per heavy atom. The Bertz CT molecular complexity index is 1180. The van der Waals surface area contributed by atoms with E-state index in [0.717, 1.165) is 50.5 Å². The topological polar surface area (TPSA) is 53.9 Å². The lowest BCUT2D eigenvalue weighted by Gasteiger charge is -2.30. The van der Waals surface area contributed by atoms with Crippen molar-refractivity contribution in [2.45, 2.75) is 51.4 Å². The molecule has 1 atom stereocenters. The Kier molecular flexibility index (Phi) is 7.89. The molecule has 3 aromatic heterocycles. The zero-order valence-electron chi connectivity index (χ0n) is 20.2. The largest absolute Gasteiger partial charge is 0.307 e. The summed E-state index contributed by atoms with van der Waals surface area (Å²) in [5.41, 5.74) is 7.49. The van der Waals surface area contributed by atoms with Crippen molar-refractivity contribution in [2.75, 3.05) is 6.54 Å². The molecule has 0 amide bonds. The molecule has 1 aliphatic carbocycles. The van der Waals surface area contributed by atoms with Crippen molar-refractivity contribution >= 4 is 0 Å². The maximum atomic E-state index is 4.78. The molecule has 5 heteroatoms. The van der Waals surface area contributed by atoms with E-state index in [-0.39, 0.29) is 0 Å². The number of fused-ring (bicyclic) bond motifs is 1. The molecular weight excluding hydrogens is 430 g/mol. The van der Waals surface area contributed by atoms with Crippen molar-refractivity contribution in [3.63, 3.8) is 0 Å². The van der Waals surface area contributed by atoms with Crippen LogP contribution in [-0.4, -0.2) is 26.4 Å². The van der Waals surface area contributed by atoms with Gasteiger partial charge in [-0.1, -0.05) is 42.5 Å². The summed E-state index contributed by atoms with van der Waals surface area (Å²) in [6, 6.07) is 25.5. The zero-order chi connectivity index (χ0) is 23.7. The molecule has 0 spiro atoms. The second-order valence-corrected chi connectivity index (χ2v) is 9.37. The van der Waals surface area contributed by atoms with Gasteiger partial charge in [-0.3, -0.25) is 19.9 Å². The minimum absolute atomic E-state index is 0.471. The highest BCUT2D eigenvalue weighted by atomic mass is 15.1. The number of aryl methyl sites for hydroxylation is 1. The van der Waals surface area contributed by atoms with E-state index in [4.69, 9.17) is 4.98 Å². The van der Waals surface area contributed by atoms with Crippen LogP contribution in [0, 0.1) is 0 Å². The number of benzene rings is 1. The Balaban J connectivity index is 1.24. The Hall–Kier alpha value is -3.41. The quantitative estimate of drug-likeness (QED) is 0.347. The van der Waals surface area contributed by atoms with Crippen LogP contribution in [0.2, 0.25) is 0 Å². The van der Waals surface area contributed by atoms with E-state index < -0.39 is 0 Å². The lowest BCUT2D eigenvalue weighted by Crippen LogP contribution is -2.30. The summed E-state index contributed by atoms with van der Waals surface area (Å²) in [6.07, 6.45) is 9.25. The van der Waals surface area contributed by atoms with E-state index in [1.807, 2.05) is 42.9 Å². The summed E-state index contributed by atoms with van der Waals surface area (Å²) < 4.78 is 0. The Labute approximate surface area is 208 Å². The van der Waals surface area contributed by atoms with E-state index in [0.29, 0.717) is 5.92 Å². The molecule has 3 heterocycles. The third-order valence-corrected chi connectivity index (χ3v) is 6.69. The molecule has 0 fully saturated rings. The van der Waals surface area contributed by atoms with Crippen LogP contribution < -0.4 is 5.32 Å². The highest BCUT2D eigenvalue weighted by Gasteiger charge is 2.24. The van der Waals surface area contributed by atoms with Gasteiger partial charge in [0.2, 0.25) is 0 Å². The predicted octanol–water partition coefficient (Wildman–Crippen LogP) is 5.28. The van der Waals surface area contributed by atoms with Crippen molar-refractivity contribution < 1.29 is 0 Å². The van der Waals surface area contributed by atoms with Gasteiger partial charge in [-0.2, -0.15) is 0 Å². The normalized spacial score (nSPS) is 15.2. The fraction of sp³-hybridized carbons (Fsp3) is 0.300. The average Bonchev–Trinajstić information content (AvgIpc) is 2.91. The number of pyridine rings is 3. The fourth-order valence-electron chi connectivity index (χ4n) is 4.96. The molecule has 0 bridgehead atoms. The van der Waals surface area contributed by atoms with Gasteiger partial charge < -0.3 is 5.32 Å². The molecule has 5 rings (SSSR count). The van der Waals surface area contributed by atoms with Crippen LogP contribution in [0.4, 0.5) is 0 Å². The van der Waals surface area contributed by atoms with Crippen LogP contribution in [-0.2, 0) is 32.6 Å². The number of aromatic nitrogens is 3. The van der Waals surface area contributed by atoms with Crippen LogP contribution in [0.15, 0.2) is 91.4 Å². The first-order valence-electron chi connectivity index (χ1n) is 12.6. The number of rotatable bonds is 10. The van der Waals surface area contributed by atoms with Crippen LogP contribution in [0.25, 0.3) is 0 Å². The number of nitrogens with zero attached hydrogens (tertiary/aromatic N) is 4. The lowest BCUT2D eigenvalue weighted by atomic mass is 9.86. The molecule has 1 unspecified atom stereocenters. The first-order valence-corrected chi connectivity index (χ1v) is 12.6. The molecule has 0 radical (unpaired) electrons. The molecular formula is C30H33N5. The number of hydrogen-bond donors (Lipinski definition) is 1. The maximum absolute atomic E-state index is 4.78. The minimum atomic E-state index is 0.471. The van der Waals surface area contributed by atoms with Gasteiger partial charge in [-0.25, -0.2) is 0 Å². The monoisotopic (exact) mass is 463 g/mol. The second-order valence-electron chi connectivity index (χ2n) is 9.37. The van der Waals surface area contributed by atoms with Gasteiger partial charge in [0.15, 0.2) is 0 Å². The zero-order valence-corrected chi connectivity index (χ0v) is 20.2. The summed E-state index contributed by atoms with van der Waals surface area (Å²) >= 11 is 0. The van der Waals surface area contributed by atoms with Gasteiger partial charge in [-0.05, 0) is 66.3 Å². The van der Waals surface area contributed by atoms with E-state index in [1.165, 1.54) is 35.2 Å². The lowest BCUT2D eigenvalue weighted by molar-refractivity contribution is 0.227. The van der Waals surface area contributed by atoms with Gasteiger partial charge in [0, 0.05) is 62.9 Å². The SMILES string of the molecule is c1ccc(CNCc2ccc(CN(Cc3ccccn3)CC3CCCc4cccnc43)cc2)nc1. The summed E-state index contributed by atoms with van der Waals surface area (Å²) in [6.45, 7) is 4.34. The third kappa shape index (κ3) is 6.59. The second kappa shape index (κ2) is 11.8. The fourth-order valence-corrected chi connectivity index (χ4v) is 4.96. The van der Waals surface area contributed by atoms with Gasteiger partial charge in [0.05, 0.1) is 11.4 Å². The summed E-state index contributed by atoms with van der Waals surface area (Å²) in [5.74, 6) is 0.471. The van der Waals surface area contributed by atoms with E-state index in [1.54, 1.807) is 0 Å². The van der Waals surface area contributed by atoms with Crippen LogP contribution in [0.5, 0.6) is 0 Å². The average molecular weight is 464 g/mol. The van der Waals surface area contributed by atoms with E-state index in [9.17, 15) is 0 Å². The Morgan fingerprint density at radius 1 is 0.714 bits per heavy atom. The van der Waals surface area contributed by atoms with Crippen molar-refractivity contribution in [3.8, 4) is 0 Å². The molecule has 4 aromatic rings. The van der Waals surface area contributed by atoms with Crippen LogP contribution in [0.1, 0.15) is 52.5 Å². The van der Waals surface area contributed by atoms with Crippen molar-refractivity contribution in [3.05, 3.63) is 125 Å². The molecule has 35 heavy (non-hydrogen) atoms. The van der Waals surface area contributed by atoms with E-state index in [2.05, 4.69) is 68.7 Å². The number of hydrogen-bond acceptors (Lipinski definition) is 5. The Morgan fingerprint density at radius 3 is 2.23 bits per heavy atom. The van der Waals surface area contributed by atoms with Crippen LogP contribution in [0.3, 0.4) is 0 Å². The predicted molar refractivity (Wildman–Crippen MR) is 139 cm³/mol. The van der Waals surface area contributed by atoms with Crippen molar-refractivity contribution in [2.24, 2.45) is 0 Å². The third-order valence-electron chi connectivity index (χ3n) is 6.69. The molecule has 5 nitrogen and oxygen atoms in total. The molecule has 0 aliphatic heterocycles. The van der Waals surface area contributed by atoms with Crippen molar-refractivity contribution in [1.29, 1.82) is 0 Å². The highest BCUT2D eigenvalue weighted by molar-refractivity contribution is 5.27. The first-order chi connectivity index (χ1) is 17.3. The van der Waals surface area contributed by atoms with E-state index >= 15 is 0 Å². The summed E-state index contributed by atoms with van der Waals surface area (Å²) in [4.78, 5) is 16.3. The van der Waals surface area contributed by atoms with Gasteiger partial charge >= 0.3 is 0 Å². The molecule has 1 aromatic carbocycles. The van der Waals surface area contributed by atoms with Gasteiger partial charge in [-0.15, -0.1) is 0 Å². The molecule has 1 aliphatic rings.